The number of benzene rings is 1. The van der Waals surface area contributed by atoms with Gasteiger partial charge >= 0.3 is 0 Å². The number of hydrogen-bond acceptors (Lipinski definition) is 3. The third kappa shape index (κ3) is 3.50. The van der Waals surface area contributed by atoms with E-state index in [0.29, 0.717) is 12.5 Å². The van der Waals surface area contributed by atoms with Gasteiger partial charge in [0.1, 0.15) is 0 Å². The standard InChI is InChI=1S/C16H22ClN3O/c17-14-5-1-2-6-15(14)19-11-9-18(10-12-19)13-16(21)20-7-3-4-8-20/h1-2,5-6H,3-4,7-13H2. The fourth-order valence-corrected chi connectivity index (χ4v) is 3.37. The van der Waals surface area contributed by atoms with Crippen molar-refractivity contribution in [3.05, 3.63) is 29.3 Å². The van der Waals surface area contributed by atoms with Crippen LogP contribution in [-0.4, -0.2) is 61.5 Å². The highest BCUT2D eigenvalue weighted by atomic mass is 35.5. The lowest BCUT2D eigenvalue weighted by atomic mass is 10.2. The van der Waals surface area contributed by atoms with Crippen molar-refractivity contribution in [1.82, 2.24) is 9.80 Å². The Kier molecular flexibility index (Phi) is 4.66. The fraction of sp³-hybridized carbons (Fsp3) is 0.562. The van der Waals surface area contributed by atoms with Crippen molar-refractivity contribution < 1.29 is 4.79 Å². The molecule has 0 aliphatic carbocycles. The Balaban J connectivity index is 1.51. The average molecular weight is 308 g/mol. The number of para-hydroxylation sites is 1. The molecule has 0 N–H and O–H groups in total. The van der Waals surface area contributed by atoms with E-state index in [9.17, 15) is 4.79 Å². The molecule has 5 heteroatoms. The maximum atomic E-state index is 12.2. The van der Waals surface area contributed by atoms with E-state index in [4.69, 9.17) is 11.6 Å². The highest BCUT2D eigenvalue weighted by Gasteiger charge is 2.23. The quantitative estimate of drug-likeness (QED) is 0.855. The Morgan fingerprint density at radius 2 is 1.67 bits per heavy atom. The van der Waals surface area contributed by atoms with E-state index in [0.717, 1.165) is 62.8 Å². The molecule has 1 aromatic rings. The molecule has 0 radical (unpaired) electrons. The van der Waals surface area contributed by atoms with Crippen molar-refractivity contribution in [3.63, 3.8) is 0 Å². The molecule has 2 saturated heterocycles. The minimum absolute atomic E-state index is 0.290. The van der Waals surface area contributed by atoms with E-state index in [1.54, 1.807) is 0 Å². The summed E-state index contributed by atoms with van der Waals surface area (Å²) in [6.45, 7) is 6.15. The number of piperazine rings is 1. The van der Waals surface area contributed by atoms with Crippen LogP contribution in [0.3, 0.4) is 0 Å². The highest BCUT2D eigenvalue weighted by Crippen LogP contribution is 2.26. The summed E-state index contributed by atoms with van der Waals surface area (Å²) in [6, 6.07) is 7.97. The van der Waals surface area contributed by atoms with Crippen LogP contribution in [-0.2, 0) is 4.79 Å². The van der Waals surface area contributed by atoms with Crippen LogP contribution >= 0.6 is 11.6 Å². The Morgan fingerprint density at radius 3 is 2.33 bits per heavy atom. The molecule has 2 aliphatic rings. The first-order chi connectivity index (χ1) is 10.2. The second kappa shape index (κ2) is 6.67. The molecule has 1 aromatic carbocycles. The smallest absolute Gasteiger partial charge is 0.236 e. The van der Waals surface area contributed by atoms with Crippen molar-refractivity contribution in [2.75, 3.05) is 50.7 Å². The number of rotatable bonds is 3. The zero-order chi connectivity index (χ0) is 14.7. The molecule has 2 fully saturated rings. The molecular formula is C16H22ClN3O. The minimum Gasteiger partial charge on any atom is -0.368 e. The third-order valence-corrected chi connectivity index (χ3v) is 4.70. The number of anilines is 1. The van der Waals surface area contributed by atoms with Crippen molar-refractivity contribution >= 4 is 23.2 Å². The summed E-state index contributed by atoms with van der Waals surface area (Å²) >= 11 is 6.25. The van der Waals surface area contributed by atoms with Gasteiger partial charge in [0.05, 0.1) is 17.3 Å². The second-order valence-corrected chi connectivity index (χ2v) is 6.21. The number of halogens is 1. The molecule has 0 saturated carbocycles. The molecule has 2 heterocycles. The zero-order valence-corrected chi connectivity index (χ0v) is 13.1. The second-order valence-electron chi connectivity index (χ2n) is 5.80. The lowest BCUT2D eigenvalue weighted by Gasteiger charge is -2.36. The van der Waals surface area contributed by atoms with Gasteiger partial charge in [0, 0.05) is 39.3 Å². The van der Waals surface area contributed by atoms with Gasteiger partial charge in [0.2, 0.25) is 5.91 Å². The van der Waals surface area contributed by atoms with Crippen LogP contribution in [0.25, 0.3) is 0 Å². The summed E-state index contributed by atoms with van der Waals surface area (Å²) in [7, 11) is 0. The Bertz CT molecular complexity index is 494. The summed E-state index contributed by atoms with van der Waals surface area (Å²) in [5, 5.41) is 0.805. The SMILES string of the molecule is O=C(CN1CCN(c2ccccc2Cl)CC1)N1CCCC1. The summed E-state index contributed by atoms with van der Waals surface area (Å²) in [4.78, 5) is 18.7. The average Bonchev–Trinajstić information content (AvgIpc) is 3.03. The third-order valence-electron chi connectivity index (χ3n) is 4.38. The summed E-state index contributed by atoms with van der Waals surface area (Å²) in [6.07, 6.45) is 2.32. The molecule has 114 valence electrons. The van der Waals surface area contributed by atoms with Crippen LogP contribution in [0, 0.1) is 0 Å². The van der Waals surface area contributed by atoms with Crippen LogP contribution < -0.4 is 4.90 Å². The van der Waals surface area contributed by atoms with Crippen LogP contribution in [0.4, 0.5) is 5.69 Å². The van der Waals surface area contributed by atoms with Crippen molar-refractivity contribution in [2.45, 2.75) is 12.8 Å². The molecule has 2 aliphatic heterocycles. The van der Waals surface area contributed by atoms with Gasteiger partial charge in [-0.2, -0.15) is 0 Å². The van der Waals surface area contributed by atoms with Crippen LogP contribution in [0.15, 0.2) is 24.3 Å². The summed E-state index contributed by atoms with van der Waals surface area (Å²) < 4.78 is 0. The largest absolute Gasteiger partial charge is 0.368 e. The normalized spacial score (nSPS) is 20.0. The fourth-order valence-electron chi connectivity index (χ4n) is 3.11. The monoisotopic (exact) mass is 307 g/mol. The van der Waals surface area contributed by atoms with Gasteiger partial charge < -0.3 is 9.80 Å². The molecule has 0 unspecified atom stereocenters. The number of nitrogens with zero attached hydrogens (tertiary/aromatic N) is 3. The predicted molar refractivity (Wildman–Crippen MR) is 85.9 cm³/mol. The number of carbonyl (C=O) groups excluding carboxylic acids is 1. The van der Waals surface area contributed by atoms with Gasteiger partial charge in [0.15, 0.2) is 0 Å². The van der Waals surface area contributed by atoms with E-state index in [1.165, 1.54) is 0 Å². The zero-order valence-electron chi connectivity index (χ0n) is 12.3. The Morgan fingerprint density at radius 1 is 1.00 bits per heavy atom. The number of hydrogen-bond donors (Lipinski definition) is 0. The van der Waals surface area contributed by atoms with Crippen molar-refractivity contribution in [1.29, 1.82) is 0 Å². The van der Waals surface area contributed by atoms with E-state index in [1.807, 2.05) is 23.1 Å². The molecule has 0 aromatic heterocycles. The molecule has 1 amide bonds. The lowest BCUT2D eigenvalue weighted by molar-refractivity contribution is -0.131. The van der Waals surface area contributed by atoms with Crippen molar-refractivity contribution in [2.24, 2.45) is 0 Å². The maximum Gasteiger partial charge on any atom is 0.236 e. The molecule has 0 bridgehead atoms. The van der Waals surface area contributed by atoms with E-state index >= 15 is 0 Å². The Hall–Kier alpha value is -1.26. The van der Waals surface area contributed by atoms with Gasteiger partial charge in [-0.1, -0.05) is 23.7 Å². The van der Waals surface area contributed by atoms with Gasteiger partial charge in [-0.15, -0.1) is 0 Å². The Labute approximate surface area is 131 Å². The molecular weight excluding hydrogens is 286 g/mol. The molecule has 0 spiro atoms. The first-order valence-corrected chi connectivity index (χ1v) is 8.11. The molecule has 21 heavy (non-hydrogen) atoms. The predicted octanol–water partition coefficient (Wildman–Crippen LogP) is 2.08. The van der Waals surface area contributed by atoms with Gasteiger partial charge in [-0.05, 0) is 25.0 Å². The minimum atomic E-state index is 0.290. The molecule has 4 nitrogen and oxygen atoms in total. The summed E-state index contributed by atoms with van der Waals surface area (Å²) in [5.41, 5.74) is 1.10. The van der Waals surface area contributed by atoms with E-state index in [2.05, 4.69) is 15.9 Å². The number of carbonyl (C=O) groups is 1. The number of amides is 1. The van der Waals surface area contributed by atoms with Gasteiger partial charge in [-0.3, -0.25) is 9.69 Å². The highest BCUT2D eigenvalue weighted by molar-refractivity contribution is 6.33. The van der Waals surface area contributed by atoms with Crippen LogP contribution in [0.2, 0.25) is 5.02 Å². The first-order valence-electron chi connectivity index (χ1n) is 7.73. The van der Waals surface area contributed by atoms with Crippen LogP contribution in [0.5, 0.6) is 0 Å². The summed E-state index contributed by atoms with van der Waals surface area (Å²) in [5.74, 6) is 0.290. The topological polar surface area (TPSA) is 26.8 Å². The molecule has 0 atom stereocenters. The van der Waals surface area contributed by atoms with Gasteiger partial charge in [-0.25, -0.2) is 0 Å². The van der Waals surface area contributed by atoms with Crippen LogP contribution in [0.1, 0.15) is 12.8 Å². The first kappa shape index (κ1) is 14.7. The maximum absolute atomic E-state index is 12.2. The van der Waals surface area contributed by atoms with Crippen molar-refractivity contribution in [3.8, 4) is 0 Å². The van der Waals surface area contributed by atoms with E-state index < -0.39 is 0 Å². The lowest BCUT2D eigenvalue weighted by Crippen LogP contribution is -2.49. The van der Waals surface area contributed by atoms with Gasteiger partial charge in [0.25, 0.3) is 0 Å². The van der Waals surface area contributed by atoms with E-state index in [-0.39, 0.29) is 0 Å². The molecule has 3 rings (SSSR count). The number of likely N-dealkylation sites (tertiary alicyclic amines) is 1.